The average molecular weight is 253 g/mol. The second kappa shape index (κ2) is 5.04. The third-order valence-electron chi connectivity index (χ3n) is 3.42. The number of aromatic nitrogens is 1. The Kier molecular flexibility index (Phi) is 3.85. The van der Waals surface area contributed by atoms with Crippen molar-refractivity contribution >= 4 is 11.3 Å². The van der Waals surface area contributed by atoms with Gasteiger partial charge in [0.05, 0.1) is 5.54 Å². The van der Waals surface area contributed by atoms with Crippen molar-refractivity contribution in [3.63, 3.8) is 0 Å². The van der Waals surface area contributed by atoms with Gasteiger partial charge in [-0.25, -0.2) is 4.98 Å². The van der Waals surface area contributed by atoms with Gasteiger partial charge in [0.15, 0.2) is 0 Å². The number of hydrogen-bond acceptors (Lipinski definition) is 4. The lowest BCUT2D eigenvalue weighted by Gasteiger charge is -2.38. The highest BCUT2D eigenvalue weighted by molar-refractivity contribution is 7.09. The molecule has 0 unspecified atom stereocenters. The van der Waals surface area contributed by atoms with Crippen molar-refractivity contribution in [1.82, 2.24) is 9.88 Å². The lowest BCUT2D eigenvalue weighted by atomic mass is 9.89. The van der Waals surface area contributed by atoms with E-state index in [9.17, 15) is 0 Å². The van der Waals surface area contributed by atoms with Crippen LogP contribution in [0.4, 0.5) is 0 Å². The minimum Gasteiger partial charge on any atom is -0.319 e. The van der Waals surface area contributed by atoms with Crippen molar-refractivity contribution in [2.45, 2.75) is 39.2 Å². The fourth-order valence-electron chi connectivity index (χ4n) is 2.45. The van der Waals surface area contributed by atoms with Crippen LogP contribution >= 0.6 is 11.3 Å². The lowest BCUT2D eigenvalue weighted by Crippen LogP contribution is -2.48. The van der Waals surface area contributed by atoms with E-state index in [2.05, 4.69) is 29.1 Å². The summed E-state index contributed by atoms with van der Waals surface area (Å²) in [6, 6.07) is 0. The summed E-state index contributed by atoms with van der Waals surface area (Å²) in [5, 5.41) is 3.23. The first-order chi connectivity index (χ1) is 7.99. The molecule has 1 aromatic heterocycles. The van der Waals surface area contributed by atoms with E-state index in [0.717, 1.165) is 42.6 Å². The minimum atomic E-state index is -0.174. The summed E-state index contributed by atoms with van der Waals surface area (Å²) in [5.41, 5.74) is 7.43. The van der Waals surface area contributed by atoms with E-state index in [4.69, 9.17) is 5.73 Å². The van der Waals surface area contributed by atoms with Crippen LogP contribution in [0.2, 0.25) is 0 Å². The first-order valence-corrected chi connectivity index (χ1v) is 7.31. The summed E-state index contributed by atoms with van der Waals surface area (Å²) in [6.07, 6.45) is 2.07. The Hall–Kier alpha value is -0.450. The first kappa shape index (κ1) is 13.0. The van der Waals surface area contributed by atoms with Crippen LogP contribution < -0.4 is 5.73 Å². The molecule has 96 valence electrons. The maximum Gasteiger partial charge on any atom is 0.113 e. The van der Waals surface area contributed by atoms with E-state index in [1.165, 1.54) is 6.54 Å². The molecule has 1 fully saturated rings. The molecular formula is C13H23N3S. The first-order valence-electron chi connectivity index (χ1n) is 6.43. The summed E-state index contributed by atoms with van der Waals surface area (Å²) in [5.74, 6) is 0.738. The fraction of sp³-hybridized carbons (Fsp3) is 0.769. The fourth-order valence-corrected chi connectivity index (χ4v) is 3.42. The van der Waals surface area contributed by atoms with Gasteiger partial charge in [0.25, 0.3) is 0 Å². The van der Waals surface area contributed by atoms with Gasteiger partial charge in [0, 0.05) is 30.7 Å². The Bertz CT molecular complexity index is 364. The summed E-state index contributed by atoms with van der Waals surface area (Å²) in [4.78, 5) is 7.09. The molecule has 3 nitrogen and oxygen atoms in total. The number of nitrogens with zero attached hydrogens (tertiary/aromatic N) is 2. The van der Waals surface area contributed by atoms with E-state index in [1.807, 2.05) is 6.92 Å². The zero-order valence-electron chi connectivity index (χ0n) is 11.1. The monoisotopic (exact) mass is 253 g/mol. The molecule has 0 bridgehead atoms. The van der Waals surface area contributed by atoms with Gasteiger partial charge in [-0.3, -0.25) is 0 Å². The van der Waals surface area contributed by atoms with Crippen molar-refractivity contribution in [3.8, 4) is 0 Å². The molecule has 1 saturated heterocycles. The quantitative estimate of drug-likeness (QED) is 0.899. The number of hydrogen-bond donors (Lipinski definition) is 1. The van der Waals surface area contributed by atoms with E-state index in [-0.39, 0.29) is 5.54 Å². The van der Waals surface area contributed by atoms with Gasteiger partial charge >= 0.3 is 0 Å². The van der Waals surface area contributed by atoms with Gasteiger partial charge in [-0.15, -0.1) is 11.3 Å². The SMILES string of the molecule is Cc1csc(C2(N)CCN(CC(C)C)CC2)n1. The molecule has 0 amide bonds. The number of rotatable bonds is 3. The summed E-state index contributed by atoms with van der Waals surface area (Å²) in [6.45, 7) is 9.98. The standard InChI is InChI=1S/C13H23N3S/c1-10(2)8-16-6-4-13(14,5-7-16)12-15-11(3)9-17-12/h9-10H,4-8,14H2,1-3H3. The largest absolute Gasteiger partial charge is 0.319 e. The molecule has 2 N–H and O–H groups in total. The number of piperidine rings is 1. The predicted molar refractivity (Wildman–Crippen MR) is 73.2 cm³/mol. The zero-order valence-corrected chi connectivity index (χ0v) is 11.9. The molecule has 2 rings (SSSR count). The van der Waals surface area contributed by atoms with Crippen LogP contribution in [0.1, 0.15) is 37.4 Å². The Morgan fingerprint density at radius 1 is 1.47 bits per heavy atom. The highest BCUT2D eigenvalue weighted by atomic mass is 32.1. The molecule has 1 aliphatic heterocycles. The van der Waals surface area contributed by atoms with Crippen LogP contribution in [0.3, 0.4) is 0 Å². The normalized spacial score (nSPS) is 21.0. The molecule has 2 heterocycles. The highest BCUT2D eigenvalue weighted by Gasteiger charge is 2.34. The molecule has 0 atom stereocenters. The van der Waals surface area contributed by atoms with Crippen molar-refractivity contribution < 1.29 is 0 Å². The minimum absolute atomic E-state index is 0.174. The van der Waals surface area contributed by atoms with Gasteiger partial charge in [-0.05, 0) is 25.7 Å². The highest BCUT2D eigenvalue weighted by Crippen LogP contribution is 2.32. The maximum atomic E-state index is 6.51. The smallest absolute Gasteiger partial charge is 0.113 e. The van der Waals surface area contributed by atoms with Crippen LogP contribution in [-0.2, 0) is 5.54 Å². The van der Waals surface area contributed by atoms with Gasteiger partial charge in [-0.1, -0.05) is 13.8 Å². The molecule has 0 aliphatic carbocycles. The second-order valence-electron chi connectivity index (χ2n) is 5.64. The molecule has 0 aromatic carbocycles. The Balaban J connectivity index is 1.97. The maximum absolute atomic E-state index is 6.51. The number of aryl methyl sites for hydroxylation is 1. The third kappa shape index (κ3) is 3.06. The van der Waals surface area contributed by atoms with Gasteiger partial charge in [-0.2, -0.15) is 0 Å². The van der Waals surface area contributed by atoms with Crippen molar-refractivity contribution in [1.29, 1.82) is 0 Å². The molecule has 0 saturated carbocycles. The van der Waals surface area contributed by atoms with E-state index in [0.29, 0.717) is 0 Å². The molecule has 0 radical (unpaired) electrons. The van der Waals surface area contributed by atoms with Gasteiger partial charge < -0.3 is 10.6 Å². The number of thiazole rings is 1. The molecule has 1 aliphatic rings. The number of likely N-dealkylation sites (tertiary alicyclic amines) is 1. The van der Waals surface area contributed by atoms with Crippen LogP contribution in [-0.4, -0.2) is 29.5 Å². The molecule has 17 heavy (non-hydrogen) atoms. The predicted octanol–water partition coefficient (Wildman–Crippen LogP) is 2.36. The molecule has 0 spiro atoms. The van der Waals surface area contributed by atoms with Crippen molar-refractivity contribution in [2.75, 3.05) is 19.6 Å². The summed E-state index contributed by atoms with van der Waals surface area (Å²) in [7, 11) is 0. The molecule has 1 aromatic rings. The van der Waals surface area contributed by atoms with E-state index >= 15 is 0 Å². The Morgan fingerprint density at radius 3 is 2.59 bits per heavy atom. The van der Waals surface area contributed by atoms with Crippen LogP contribution in [0.5, 0.6) is 0 Å². The second-order valence-corrected chi connectivity index (χ2v) is 6.50. The number of nitrogens with two attached hydrogens (primary N) is 1. The van der Waals surface area contributed by atoms with Gasteiger partial charge in [0.2, 0.25) is 0 Å². The summed E-state index contributed by atoms with van der Waals surface area (Å²) < 4.78 is 0. The van der Waals surface area contributed by atoms with Crippen molar-refractivity contribution in [2.24, 2.45) is 11.7 Å². The topological polar surface area (TPSA) is 42.1 Å². The van der Waals surface area contributed by atoms with Crippen LogP contribution in [0.15, 0.2) is 5.38 Å². The average Bonchev–Trinajstić information content (AvgIpc) is 2.69. The van der Waals surface area contributed by atoms with Gasteiger partial charge in [0.1, 0.15) is 5.01 Å². The summed E-state index contributed by atoms with van der Waals surface area (Å²) >= 11 is 1.72. The van der Waals surface area contributed by atoms with Crippen LogP contribution in [0, 0.1) is 12.8 Å². The Labute approximate surface area is 108 Å². The lowest BCUT2D eigenvalue weighted by molar-refractivity contribution is 0.148. The third-order valence-corrected chi connectivity index (χ3v) is 4.60. The molecule has 4 heteroatoms. The molecular weight excluding hydrogens is 230 g/mol. The Morgan fingerprint density at radius 2 is 2.12 bits per heavy atom. The zero-order chi connectivity index (χ0) is 12.5. The van der Waals surface area contributed by atoms with Crippen molar-refractivity contribution in [3.05, 3.63) is 16.1 Å². The van der Waals surface area contributed by atoms with E-state index in [1.54, 1.807) is 11.3 Å². The van der Waals surface area contributed by atoms with Crippen LogP contribution in [0.25, 0.3) is 0 Å². The van der Waals surface area contributed by atoms with E-state index < -0.39 is 0 Å².